The summed E-state index contributed by atoms with van der Waals surface area (Å²) >= 11 is 0. The number of nitro groups is 1. The summed E-state index contributed by atoms with van der Waals surface area (Å²) in [6.45, 7) is 4.21. The summed E-state index contributed by atoms with van der Waals surface area (Å²) in [4.78, 5) is 9.97. The van der Waals surface area contributed by atoms with Crippen molar-refractivity contribution in [2.24, 2.45) is 5.92 Å². The fourth-order valence-electron chi connectivity index (χ4n) is 2.58. The van der Waals surface area contributed by atoms with E-state index in [1.165, 1.54) is 16.4 Å². The van der Waals surface area contributed by atoms with Gasteiger partial charge in [0.05, 0.1) is 10.6 Å². The number of non-ortho nitro benzene ring substituents is 1. The maximum absolute atomic E-state index is 12.6. The highest BCUT2D eigenvalue weighted by Gasteiger charge is 2.37. The van der Waals surface area contributed by atoms with Gasteiger partial charge in [0.1, 0.15) is 4.90 Å². The number of nitrogens with two attached hydrogens (primary N) is 1. The molecule has 0 bridgehead atoms. The van der Waals surface area contributed by atoms with Crippen LogP contribution in [0.1, 0.15) is 20.3 Å². The molecule has 2 atom stereocenters. The van der Waals surface area contributed by atoms with Gasteiger partial charge in [-0.25, -0.2) is 8.42 Å². The Balaban J connectivity index is 2.49. The Morgan fingerprint density at radius 2 is 2.05 bits per heavy atom. The average Bonchev–Trinajstić information content (AvgIpc) is 2.69. The molecule has 2 N–H and O–H groups in total. The summed E-state index contributed by atoms with van der Waals surface area (Å²) in [5.74, 6) is 0.264. The second-order valence-electron chi connectivity index (χ2n) is 5.24. The number of benzene rings is 1. The fraction of sp³-hybridized carbons (Fsp3) is 0.500. The minimum atomic E-state index is -3.80. The minimum absolute atomic E-state index is 0.0300. The Hall–Kier alpha value is -1.67. The van der Waals surface area contributed by atoms with E-state index in [2.05, 4.69) is 0 Å². The molecular weight excluding hydrogens is 282 g/mol. The summed E-state index contributed by atoms with van der Waals surface area (Å²) in [6.07, 6.45) is 0.772. The Labute approximate surface area is 117 Å². The quantitative estimate of drug-likeness (QED) is 0.518. The van der Waals surface area contributed by atoms with E-state index in [0.717, 1.165) is 12.5 Å². The van der Waals surface area contributed by atoms with E-state index in [1.54, 1.807) is 0 Å². The van der Waals surface area contributed by atoms with E-state index in [9.17, 15) is 18.5 Å². The van der Waals surface area contributed by atoms with Crippen LogP contribution in [0.5, 0.6) is 0 Å². The van der Waals surface area contributed by atoms with Crippen molar-refractivity contribution in [2.45, 2.75) is 31.2 Å². The van der Waals surface area contributed by atoms with E-state index in [-0.39, 0.29) is 28.2 Å². The summed E-state index contributed by atoms with van der Waals surface area (Å²) in [7, 11) is -3.80. The van der Waals surface area contributed by atoms with Gasteiger partial charge in [-0.05, 0) is 25.3 Å². The molecule has 7 nitrogen and oxygen atoms in total. The van der Waals surface area contributed by atoms with Crippen molar-refractivity contribution in [3.63, 3.8) is 0 Å². The van der Waals surface area contributed by atoms with Crippen LogP contribution in [0.4, 0.5) is 11.4 Å². The van der Waals surface area contributed by atoms with Gasteiger partial charge in [0.15, 0.2) is 0 Å². The van der Waals surface area contributed by atoms with Crippen LogP contribution in [0.15, 0.2) is 23.1 Å². The van der Waals surface area contributed by atoms with Crippen LogP contribution in [-0.4, -0.2) is 30.2 Å². The molecule has 1 aromatic carbocycles. The summed E-state index contributed by atoms with van der Waals surface area (Å²) < 4.78 is 26.6. The molecule has 0 saturated carbocycles. The molecule has 0 spiro atoms. The molecule has 1 aliphatic heterocycles. The third-order valence-corrected chi connectivity index (χ3v) is 5.56. The Kier molecular flexibility index (Phi) is 3.70. The summed E-state index contributed by atoms with van der Waals surface area (Å²) in [5, 5.41) is 10.8. The molecule has 8 heteroatoms. The second kappa shape index (κ2) is 5.02. The molecule has 1 heterocycles. The van der Waals surface area contributed by atoms with Gasteiger partial charge in [0.2, 0.25) is 10.0 Å². The number of rotatable bonds is 3. The van der Waals surface area contributed by atoms with Crippen LogP contribution in [0.25, 0.3) is 0 Å². The molecule has 2 rings (SSSR count). The lowest BCUT2D eigenvalue weighted by Crippen LogP contribution is -2.34. The fourth-order valence-corrected chi connectivity index (χ4v) is 4.48. The van der Waals surface area contributed by atoms with Gasteiger partial charge >= 0.3 is 0 Å². The molecular formula is C12H17N3O4S. The maximum atomic E-state index is 12.6. The van der Waals surface area contributed by atoms with Gasteiger partial charge in [-0.3, -0.25) is 10.1 Å². The van der Waals surface area contributed by atoms with Gasteiger partial charge in [-0.1, -0.05) is 6.92 Å². The Bertz CT molecular complexity index is 644. The number of nitro benzene ring substituents is 1. The minimum Gasteiger partial charge on any atom is -0.398 e. The molecule has 0 radical (unpaired) electrons. The first-order valence-electron chi connectivity index (χ1n) is 6.29. The van der Waals surface area contributed by atoms with Crippen molar-refractivity contribution in [1.29, 1.82) is 0 Å². The standard InChI is InChI=1S/C12H17N3O4S/c1-8-5-9(2)14(7-8)20(18,19)12-6-10(15(16)17)3-4-11(12)13/h3-4,6,8-9H,5,7,13H2,1-2H3. The van der Waals surface area contributed by atoms with Crippen LogP contribution in [0, 0.1) is 16.0 Å². The third kappa shape index (κ3) is 2.48. The lowest BCUT2D eigenvalue weighted by molar-refractivity contribution is -0.385. The highest BCUT2D eigenvalue weighted by Crippen LogP contribution is 2.32. The zero-order valence-corrected chi connectivity index (χ0v) is 12.1. The predicted octanol–water partition coefficient (Wildman–Crippen LogP) is 1.60. The predicted molar refractivity (Wildman–Crippen MR) is 74.6 cm³/mol. The van der Waals surface area contributed by atoms with Crippen LogP contribution >= 0.6 is 0 Å². The molecule has 1 aromatic rings. The summed E-state index contributed by atoms with van der Waals surface area (Å²) in [5.41, 5.74) is 5.45. The number of nitrogens with zero attached hydrogens (tertiary/aromatic N) is 2. The number of hydrogen-bond acceptors (Lipinski definition) is 5. The van der Waals surface area contributed by atoms with Gasteiger partial charge in [-0.2, -0.15) is 4.31 Å². The molecule has 0 aromatic heterocycles. The van der Waals surface area contributed by atoms with Crippen molar-refractivity contribution >= 4 is 21.4 Å². The van der Waals surface area contributed by atoms with E-state index in [0.29, 0.717) is 6.54 Å². The first kappa shape index (κ1) is 14.7. The van der Waals surface area contributed by atoms with Gasteiger partial charge in [0, 0.05) is 24.7 Å². The van der Waals surface area contributed by atoms with Crippen LogP contribution in [0.3, 0.4) is 0 Å². The number of nitrogen functional groups attached to an aromatic ring is 1. The normalized spacial score (nSPS) is 23.9. The number of hydrogen-bond donors (Lipinski definition) is 1. The van der Waals surface area contributed by atoms with E-state index >= 15 is 0 Å². The molecule has 2 unspecified atom stereocenters. The van der Waals surface area contributed by atoms with E-state index in [1.807, 2.05) is 13.8 Å². The van der Waals surface area contributed by atoms with E-state index < -0.39 is 14.9 Å². The Morgan fingerprint density at radius 1 is 1.40 bits per heavy atom. The number of anilines is 1. The highest BCUT2D eigenvalue weighted by molar-refractivity contribution is 7.89. The Morgan fingerprint density at radius 3 is 2.55 bits per heavy atom. The molecule has 0 aliphatic carbocycles. The second-order valence-corrected chi connectivity index (χ2v) is 7.10. The van der Waals surface area contributed by atoms with Crippen molar-refractivity contribution in [3.8, 4) is 0 Å². The van der Waals surface area contributed by atoms with Gasteiger partial charge in [-0.15, -0.1) is 0 Å². The van der Waals surface area contributed by atoms with Crippen molar-refractivity contribution in [3.05, 3.63) is 28.3 Å². The first-order chi connectivity index (χ1) is 9.23. The van der Waals surface area contributed by atoms with Crippen molar-refractivity contribution < 1.29 is 13.3 Å². The van der Waals surface area contributed by atoms with Gasteiger partial charge < -0.3 is 5.73 Å². The zero-order valence-electron chi connectivity index (χ0n) is 11.3. The average molecular weight is 299 g/mol. The molecule has 1 fully saturated rings. The first-order valence-corrected chi connectivity index (χ1v) is 7.73. The van der Waals surface area contributed by atoms with Gasteiger partial charge in [0.25, 0.3) is 5.69 Å². The zero-order chi connectivity index (χ0) is 15.1. The SMILES string of the molecule is CC1CC(C)N(S(=O)(=O)c2cc([N+](=O)[O-])ccc2N)C1. The molecule has 1 aliphatic rings. The largest absolute Gasteiger partial charge is 0.398 e. The molecule has 110 valence electrons. The molecule has 1 saturated heterocycles. The monoisotopic (exact) mass is 299 g/mol. The lowest BCUT2D eigenvalue weighted by Gasteiger charge is -2.21. The van der Waals surface area contributed by atoms with Crippen LogP contribution in [0.2, 0.25) is 0 Å². The molecule has 20 heavy (non-hydrogen) atoms. The van der Waals surface area contributed by atoms with Crippen LogP contribution in [-0.2, 0) is 10.0 Å². The van der Waals surface area contributed by atoms with Crippen LogP contribution < -0.4 is 5.73 Å². The highest BCUT2D eigenvalue weighted by atomic mass is 32.2. The van der Waals surface area contributed by atoms with E-state index in [4.69, 9.17) is 5.73 Å². The number of sulfonamides is 1. The summed E-state index contributed by atoms with van der Waals surface area (Å²) in [6, 6.07) is 3.36. The smallest absolute Gasteiger partial charge is 0.270 e. The maximum Gasteiger partial charge on any atom is 0.270 e. The van der Waals surface area contributed by atoms with Crippen molar-refractivity contribution in [1.82, 2.24) is 4.31 Å². The molecule has 0 amide bonds. The van der Waals surface area contributed by atoms with Crippen molar-refractivity contribution in [2.75, 3.05) is 12.3 Å². The topological polar surface area (TPSA) is 107 Å². The third-order valence-electron chi connectivity index (χ3n) is 3.52. The lowest BCUT2D eigenvalue weighted by atomic mass is 10.1.